The fourth-order valence-corrected chi connectivity index (χ4v) is 24.9. The molecule has 0 radical (unpaired) electrons. The summed E-state index contributed by atoms with van der Waals surface area (Å²) in [5, 5.41) is 30.0. The molecule has 141 heavy (non-hydrogen) atoms. The van der Waals surface area contributed by atoms with Crippen molar-refractivity contribution in [2.75, 3.05) is 0 Å². The molecule has 9 heterocycles. The number of para-hydroxylation sites is 13. The van der Waals surface area contributed by atoms with Crippen LogP contribution in [-0.2, 0) is 0 Å². The smallest absolute Gasteiger partial charge is 0.159 e. The van der Waals surface area contributed by atoms with Gasteiger partial charge in [0.05, 0.1) is 71.9 Å². The third-order valence-corrected chi connectivity index (χ3v) is 30.9. The van der Waals surface area contributed by atoms with Gasteiger partial charge in [-0.2, -0.15) is 0 Å². The molecule has 32 rings (SSSR count). The zero-order valence-electron chi connectivity index (χ0n) is 76.1. The maximum Gasteiger partial charge on any atom is 0.159 e. The van der Waals surface area contributed by atoms with Gasteiger partial charge in [0.1, 0.15) is 16.7 Å². The monoisotopic (exact) mass is 1810 g/mol. The second-order valence-corrected chi connectivity index (χ2v) is 38.2. The Morgan fingerprint density at radius 2 is 0.475 bits per heavy atom. The van der Waals surface area contributed by atoms with E-state index in [2.05, 4.69) is 495 Å². The average molecular weight is 1810 g/mol. The molecule has 0 unspecified atom stereocenters. The summed E-state index contributed by atoms with van der Waals surface area (Å²) >= 11 is 1.88. The Kier molecular flexibility index (Phi) is 17.3. The number of hydrogen-bond donors (Lipinski definition) is 0. The Labute approximate surface area is 810 Å². The van der Waals surface area contributed by atoms with Crippen molar-refractivity contribution in [3.05, 3.63) is 485 Å². The molecule has 0 bridgehead atoms. The predicted molar refractivity (Wildman–Crippen MR) is 596 cm³/mol. The van der Waals surface area contributed by atoms with Crippen LogP contribution in [0.4, 0.5) is 0 Å². The number of hydrogen-bond acceptors (Lipinski definition) is 3. The van der Waals surface area contributed by atoms with Crippen LogP contribution >= 0.6 is 11.3 Å². The molecule has 8 nitrogen and oxygen atoms in total. The lowest BCUT2D eigenvalue weighted by Gasteiger charge is -2.12. The van der Waals surface area contributed by atoms with Crippen molar-refractivity contribution in [2.45, 2.75) is 0 Å². The summed E-state index contributed by atoms with van der Waals surface area (Å²) in [6, 6.07) is 176. The van der Waals surface area contributed by atoms with Gasteiger partial charge in [-0.25, -0.2) is 0 Å². The molecule has 0 N–H and O–H groups in total. The van der Waals surface area contributed by atoms with E-state index in [4.69, 9.17) is 8.83 Å². The fraction of sp³-hybridized carbons (Fsp3) is 0. The first-order chi connectivity index (χ1) is 70.0. The van der Waals surface area contributed by atoms with E-state index < -0.39 is 0 Å². The van der Waals surface area contributed by atoms with E-state index in [1.54, 1.807) is 0 Å². The van der Waals surface area contributed by atoms with Crippen LogP contribution < -0.4 is 0 Å². The molecule has 0 aliphatic rings. The topological polar surface area (TPSA) is 55.9 Å². The van der Waals surface area contributed by atoms with Crippen LogP contribution in [-0.4, -0.2) is 27.4 Å². The van der Waals surface area contributed by atoms with Crippen LogP contribution in [0.3, 0.4) is 0 Å². The molecule has 9 heteroatoms. The van der Waals surface area contributed by atoms with Crippen molar-refractivity contribution in [3.63, 3.8) is 0 Å². The summed E-state index contributed by atoms with van der Waals surface area (Å²) in [5.41, 5.74) is 29.8. The number of benzene rings is 23. The van der Waals surface area contributed by atoms with Crippen LogP contribution in [0.5, 0.6) is 0 Å². The molecular weight excluding hydrogens is 1730 g/mol. The number of fused-ring (bicyclic) bond motifs is 36. The van der Waals surface area contributed by atoms with Crippen LogP contribution in [0, 0.1) is 0 Å². The zero-order chi connectivity index (χ0) is 92.2. The van der Waals surface area contributed by atoms with Crippen molar-refractivity contribution in [1.29, 1.82) is 0 Å². The van der Waals surface area contributed by atoms with Gasteiger partial charge in [0.25, 0.3) is 0 Å². The minimum Gasteiger partial charge on any atom is -0.455 e. The summed E-state index contributed by atoms with van der Waals surface area (Å²) in [7, 11) is 0. The quantitative estimate of drug-likeness (QED) is 0.152. The van der Waals surface area contributed by atoms with E-state index in [9.17, 15) is 0 Å². The van der Waals surface area contributed by atoms with Crippen molar-refractivity contribution in [2.24, 2.45) is 0 Å². The number of nitrogens with zero attached hydrogens (tertiary/aromatic N) is 6. The minimum atomic E-state index is 0.908. The molecule has 0 saturated carbocycles. The average Bonchev–Trinajstić information content (AvgIpc) is 1.56. The second kappa shape index (κ2) is 31.0. The molecular formula is C132H80N6O2S. The Balaban J connectivity index is 0.0000000994. The second-order valence-electron chi connectivity index (χ2n) is 37.1. The highest BCUT2D eigenvalue weighted by atomic mass is 32.1. The molecule has 0 saturated heterocycles. The minimum absolute atomic E-state index is 0.908. The summed E-state index contributed by atoms with van der Waals surface area (Å²) in [6.07, 6.45) is 0. The Morgan fingerprint density at radius 1 is 0.156 bits per heavy atom. The maximum atomic E-state index is 6.57. The lowest BCUT2D eigenvalue weighted by molar-refractivity contribution is 0.666. The summed E-state index contributed by atoms with van der Waals surface area (Å²) < 4.78 is 30.1. The van der Waals surface area contributed by atoms with Gasteiger partial charge in [0, 0.05) is 157 Å². The van der Waals surface area contributed by atoms with Crippen molar-refractivity contribution >= 4 is 239 Å². The lowest BCUT2D eigenvalue weighted by Crippen LogP contribution is -1.95. The van der Waals surface area contributed by atoms with Gasteiger partial charge in [0.15, 0.2) is 5.58 Å². The summed E-state index contributed by atoms with van der Waals surface area (Å²) in [6.45, 7) is 0. The zero-order valence-corrected chi connectivity index (χ0v) is 76.9. The number of aromatic nitrogens is 6. The highest BCUT2D eigenvalue weighted by Gasteiger charge is 2.27. The third-order valence-electron chi connectivity index (χ3n) is 29.7. The fourth-order valence-electron chi connectivity index (χ4n) is 23.7. The van der Waals surface area contributed by atoms with Crippen LogP contribution in [0.1, 0.15) is 0 Å². The maximum absolute atomic E-state index is 6.57. The summed E-state index contributed by atoms with van der Waals surface area (Å²) in [4.78, 5) is 0. The first-order valence-corrected chi connectivity index (χ1v) is 49.1. The van der Waals surface area contributed by atoms with E-state index in [1.165, 1.54) is 217 Å². The van der Waals surface area contributed by atoms with Gasteiger partial charge in [0.2, 0.25) is 0 Å². The first-order valence-electron chi connectivity index (χ1n) is 48.3. The Hall–Kier alpha value is -18.5. The molecule has 0 fully saturated rings. The molecule has 9 aromatic heterocycles. The van der Waals surface area contributed by atoms with E-state index in [-0.39, 0.29) is 0 Å². The number of thiophene rings is 1. The van der Waals surface area contributed by atoms with Crippen LogP contribution in [0.2, 0.25) is 0 Å². The van der Waals surface area contributed by atoms with E-state index in [0.29, 0.717) is 0 Å². The summed E-state index contributed by atoms with van der Waals surface area (Å²) in [5.74, 6) is 0. The molecule has 656 valence electrons. The Bertz CT molecular complexity index is 10800. The highest BCUT2D eigenvalue weighted by molar-refractivity contribution is 7.26. The molecule has 23 aromatic carbocycles. The van der Waals surface area contributed by atoms with Crippen LogP contribution in [0.15, 0.2) is 494 Å². The predicted octanol–water partition coefficient (Wildman–Crippen LogP) is 36.6. The largest absolute Gasteiger partial charge is 0.455 e. The van der Waals surface area contributed by atoms with Gasteiger partial charge in [-0.05, 0) is 185 Å². The van der Waals surface area contributed by atoms with Gasteiger partial charge in [-0.3, -0.25) is 0 Å². The molecule has 0 atom stereocenters. The van der Waals surface area contributed by atoms with Crippen molar-refractivity contribution in [3.8, 4) is 56.4 Å². The standard InChI is InChI=1S/C46H28N2O.C46H28N2S.C40H24N2O/c1-2-11-30(12-3-1)47-41-19-8-5-15-39(41)44-35-25-26-36-33-13-4-7-18-40(33)48(45(36)37(35)27-28-42(44)47)31-23-21-29(22-24-31)32-16-10-17-38-34-14-6-9-20-43(34)49-46(32)38;1-2-10-31(11-3-1)47-40-15-7-5-13-34(40)39-28-30(20-26-42(39)47)29-18-21-32(22-19-29)48-41-16-8-4-12-33(41)36-24-23-35-37(46(36)48)25-27-44-45(35)38-14-6-9-17-43(38)49-44;1-2-11-25(12-3-1)41-34-18-8-5-15-32(34)38-28-21-22-29-26-13-4-7-17-33(26)42(39(29)30(28)23-24-35(38)41)36-19-10-16-31-27-14-6-9-20-37(27)43-40(31)36/h2*1-28H;1-24H. The van der Waals surface area contributed by atoms with Crippen molar-refractivity contribution < 1.29 is 8.83 Å². The van der Waals surface area contributed by atoms with Gasteiger partial charge in [-0.1, -0.05) is 334 Å². The van der Waals surface area contributed by atoms with Gasteiger partial charge in [-0.15, -0.1) is 11.3 Å². The Morgan fingerprint density at radius 3 is 0.986 bits per heavy atom. The van der Waals surface area contributed by atoms with E-state index in [0.717, 1.165) is 66.4 Å². The molecule has 32 aromatic rings. The van der Waals surface area contributed by atoms with E-state index >= 15 is 0 Å². The molecule has 0 aliphatic carbocycles. The first kappa shape index (κ1) is 78.8. The molecule has 0 spiro atoms. The normalized spacial score (nSPS) is 12.1. The number of rotatable bonds is 8. The molecule has 0 aliphatic heterocycles. The van der Waals surface area contributed by atoms with Gasteiger partial charge >= 0.3 is 0 Å². The third kappa shape index (κ3) is 11.8. The van der Waals surface area contributed by atoms with Gasteiger partial charge < -0.3 is 36.2 Å². The number of furan rings is 2. The SMILES string of the molecule is c1ccc(-n2c3ccccc3c3c4ccc5c6ccccc6n(-c6ccc(-c7cccc8c7oc7ccccc78)cc6)c5c4ccc32)cc1.c1ccc(-n2c3ccccc3c3c4ccc5c6ccccc6n(-c6cccc7c6oc6ccccc67)c5c4ccc32)cc1.c1ccc(-n2c3ccccc3c3cc(-c4ccc(-n5c6ccccc6c6ccc7c(ccc8sc9ccccc9c87)c65)cc4)ccc32)cc1. The van der Waals surface area contributed by atoms with Crippen molar-refractivity contribution in [1.82, 2.24) is 27.4 Å². The highest BCUT2D eigenvalue weighted by Crippen LogP contribution is 2.50. The van der Waals surface area contributed by atoms with E-state index in [1.807, 2.05) is 29.5 Å². The molecule has 0 amide bonds. The van der Waals surface area contributed by atoms with Crippen LogP contribution in [0.25, 0.3) is 284 Å². The lowest BCUT2D eigenvalue weighted by atomic mass is 10.0.